The van der Waals surface area contributed by atoms with Crippen molar-refractivity contribution in [3.05, 3.63) is 39.3 Å². The van der Waals surface area contributed by atoms with E-state index in [1.165, 1.54) is 18.3 Å². The van der Waals surface area contributed by atoms with Gasteiger partial charge in [0.25, 0.3) is 6.43 Å². The van der Waals surface area contributed by atoms with Crippen molar-refractivity contribution in [2.24, 2.45) is 0 Å². The van der Waals surface area contributed by atoms with E-state index in [4.69, 9.17) is 11.6 Å². The standard InChI is InChI=1S/C8H4ClF2N5O2/c9-7-6(16(17)18)5(8(10)11)14-15(7)4-2-1-3-12-13-4/h1-3,8H. The molecule has 0 aliphatic rings. The van der Waals surface area contributed by atoms with Gasteiger partial charge in [0, 0.05) is 6.20 Å². The summed E-state index contributed by atoms with van der Waals surface area (Å²) in [4.78, 5) is 9.68. The Morgan fingerprint density at radius 2 is 2.22 bits per heavy atom. The lowest BCUT2D eigenvalue weighted by Gasteiger charge is -1.98. The first kappa shape index (κ1) is 12.3. The van der Waals surface area contributed by atoms with Gasteiger partial charge in [0.1, 0.15) is 0 Å². The number of nitrogens with zero attached hydrogens (tertiary/aromatic N) is 5. The fourth-order valence-corrected chi connectivity index (χ4v) is 1.57. The van der Waals surface area contributed by atoms with Gasteiger partial charge >= 0.3 is 5.69 Å². The van der Waals surface area contributed by atoms with Crippen LogP contribution in [-0.4, -0.2) is 24.9 Å². The number of hydrogen-bond acceptors (Lipinski definition) is 5. The van der Waals surface area contributed by atoms with Crippen LogP contribution in [0, 0.1) is 10.1 Å². The molecule has 0 atom stereocenters. The molecule has 0 radical (unpaired) electrons. The number of rotatable bonds is 3. The van der Waals surface area contributed by atoms with Crippen LogP contribution in [-0.2, 0) is 0 Å². The average molecular weight is 276 g/mol. The van der Waals surface area contributed by atoms with Crippen molar-refractivity contribution in [1.82, 2.24) is 20.0 Å². The van der Waals surface area contributed by atoms with Crippen LogP contribution in [0.3, 0.4) is 0 Å². The smallest absolute Gasteiger partial charge is 0.258 e. The molecule has 2 aromatic heterocycles. The molecular formula is C8H4ClF2N5O2. The van der Waals surface area contributed by atoms with Crippen molar-refractivity contribution in [2.75, 3.05) is 0 Å². The van der Waals surface area contributed by atoms with Crippen LogP contribution in [0.15, 0.2) is 18.3 Å². The molecule has 0 saturated carbocycles. The van der Waals surface area contributed by atoms with Gasteiger partial charge in [-0.05, 0) is 12.1 Å². The highest BCUT2D eigenvalue weighted by Gasteiger charge is 2.33. The van der Waals surface area contributed by atoms with Crippen LogP contribution in [0.1, 0.15) is 12.1 Å². The van der Waals surface area contributed by atoms with Crippen molar-refractivity contribution in [3.63, 3.8) is 0 Å². The molecule has 7 nitrogen and oxygen atoms in total. The highest BCUT2D eigenvalue weighted by Crippen LogP contribution is 2.35. The van der Waals surface area contributed by atoms with Crippen molar-refractivity contribution >= 4 is 17.3 Å². The lowest BCUT2D eigenvalue weighted by atomic mass is 10.4. The molecule has 2 heterocycles. The second-order valence-electron chi connectivity index (χ2n) is 3.08. The molecule has 2 rings (SSSR count). The van der Waals surface area contributed by atoms with Gasteiger partial charge in [-0.25, -0.2) is 8.78 Å². The first-order valence-electron chi connectivity index (χ1n) is 4.51. The predicted octanol–water partition coefficient (Wildman–Crippen LogP) is 2.16. The minimum absolute atomic E-state index is 0.0116. The molecule has 0 aliphatic carbocycles. The number of halogens is 3. The Morgan fingerprint density at radius 3 is 2.67 bits per heavy atom. The molecule has 0 aromatic carbocycles. The van der Waals surface area contributed by atoms with E-state index in [0.717, 1.165) is 4.68 Å². The largest absolute Gasteiger partial charge is 0.335 e. The molecule has 18 heavy (non-hydrogen) atoms. The van der Waals surface area contributed by atoms with E-state index >= 15 is 0 Å². The van der Waals surface area contributed by atoms with Gasteiger partial charge in [-0.3, -0.25) is 10.1 Å². The minimum atomic E-state index is -3.11. The van der Waals surface area contributed by atoms with Crippen LogP contribution in [0.25, 0.3) is 5.82 Å². The molecule has 0 unspecified atom stereocenters. The first-order valence-corrected chi connectivity index (χ1v) is 4.89. The summed E-state index contributed by atoms with van der Waals surface area (Å²) in [6.45, 7) is 0. The number of aromatic nitrogens is 4. The monoisotopic (exact) mass is 275 g/mol. The summed E-state index contributed by atoms with van der Waals surface area (Å²) < 4.78 is 26.0. The number of alkyl halides is 2. The molecule has 94 valence electrons. The minimum Gasteiger partial charge on any atom is -0.258 e. The second kappa shape index (κ2) is 4.61. The van der Waals surface area contributed by atoms with Crippen molar-refractivity contribution in [1.29, 1.82) is 0 Å². The molecule has 0 saturated heterocycles. The van der Waals surface area contributed by atoms with E-state index in [2.05, 4.69) is 15.3 Å². The fourth-order valence-electron chi connectivity index (χ4n) is 1.28. The zero-order valence-electron chi connectivity index (χ0n) is 8.50. The Labute approximate surface area is 103 Å². The summed E-state index contributed by atoms with van der Waals surface area (Å²) in [7, 11) is 0. The molecular weight excluding hydrogens is 272 g/mol. The summed E-state index contributed by atoms with van der Waals surface area (Å²) in [5.41, 5.74) is -1.94. The molecule has 0 N–H and O–H groups in total. The SMILES string of the molecule is O=[N+]([O-])c1c(C(F)F)nn(-c2cccnn2)c1Cl. The third kappa shape index (κ3) is 1.99. The van der Waals surface area contributed by atoms with E-state index in [1.54, 1.807) is 0 Å². The second-order valence-corrected chi connectivity index (χ2v) is 3.43. The normalized spacial score (nSPS) is 10.9. The van der Waals surface area contributed by atoms with Gasteiger partial charge < -0.3 is 0 Å². The predicted molar refractivity (Wildman–Crippen MR) is 55.8 cm³/mol. The Hall–Kier alpha value is -2.16. The number of hydrogen-bond donors (Lipinski definition) is 0. The van der Waals surface area contributed by atoms with Crippen LogP contribution in [0.2, 0.25) is 5.15 Å². The Bertz CT molecular complexity index is 589. The quantitative estimate of drug-likeness (QED) is 0.633. The zero-order chi connectivity index (χ0) is 13.3. The van der Waals surface area contributed by atoms with E-state index in [9.17, 15) is 18.9 Å². The lowest BCUT2D eigenvalue weighted by molar-refractivity contribution is -0.386. The molecule has 0 aliphatic heterocycles. The van der Waals surface area contributed by atoms with Gasteiger partial charge in [-0.15, -0.1) is 5.10 Å². The van der Waals surface area contributed by atoms with Crippen LogP contribution in [0.5, 0.6) is 0 Å². The van der Waals surface area contributed by atoms with Gasteiger partial charge in [0.05, 0.1) is 4.92 Å². The average Bonchev–Trinajstić information content (AvgIpc) is 2.68. The van der Waals surface area contributed by atoms with E-state index < -0.39 is 27.9 Å². The Balaban J connectivity index is 2.64. The molecule has 0 amide bonds. The summed E-state index contributed by atoms with van der Waals surface area (Å²) in [5.74, 6) is 0.0116. The molecule has 10 heteroatoms. The first-order chi connectivity index (χ1) is 8.52. The summed E-state index contributed by atoms with van der Waals surface area (Å²) >= 11 is 5.66. The van der Waals surface area contributed by atoms with Crippen molar-refractivity contribution in [3.8, 4) is 5.82 Å². The summed E-state index contributed by atoms with van der Waals surface area (Å²) in [5, 5.41) is 20.6. The molecule has 0 fully saturated rings. The summed E-state index contributed by atoms with van der Waals surface area (Å²) in [6, 6.07) is 2.85. The molecule has 0 bridgehead atoms. The highest BCUT2D eigenvalue weighted by atomic mass is 35.5. The summed E-state index contributed by atoms with van der Waals surface area (Å²) in [6.07, 6.45) is -1.76. The molecule has 2 aromatic rings. The Kier molecular flexibility index (Phi) is 3.15. The topological polar surface area (TPSA) is 86.7 Å². The van der Waals surface area contributed by atoms with E-state index in [-0.39, 0.29) is 5.82 Å². The van der Waals surface area contributed by atoms with Gasteiger partial charge in [0.2, 0.25) is 10.8 Å². The number of nitro groups is 1. The van der Waals surface area contributed by atoms with Crippen LogP contribution >= 0.6 is 11.6 Å². The van der Waals surface area contributed by atoms with Crippen LogP contribution < -0.4 is 0 Å². The highest BCUT2D eigenvalue weighted by molar-refractivity contribution is 6.32. The maximum atomic E-state index is 12.6. The van der Waals surface area contributed by atoms with Gasteiger partial charge in [-0.1, -0.05) is 11.6 Å². The maximum Gasteiger partial charge on any atom is 0.335 e. The Morgan fingerprint density at radius 1 is 1.50 bits per heavy atom. The molecule has 0 spiro atoms. The third-order valence-corrected chi connectivity index (χ3v) is 2.34. The third-order valence-electron chi connectivity index (χ3n) is 2.00. The lowest BCUT2D eigenvalue weighted by Crippen LogP contribution is -2.01. The van der Waals surface area contributed by atoms with Gasteiger partial charge in [0.15, 0.2) is 5.82 Å². The van der Waals surface area contributed by atoms with E-state index in [0.29, 0.717) is 0 Å². The van der Waals surface area contributed by atoms with E-state index in [1.807, 2.05) is 0 Å². The van der Waals surface area contributed by atoms with Crippen LogP contribution in [0.4, 0.5) is 14.5 Å². The van der Waals surface area contributed by atoms with Crippen molar-refractivity contribution in [2.45, 2.75) is 6.43 Å². The van der Waals surface area contributed by atoms with Gasteiger partial charge in [-0.2, -0.15) is 14.9 Å². The van der Waals surface area contributed by atoms with Crippen molar-refractivity contribution < 1.29 is 13.7 Å². The fraction of sp³-hybridized carbons (Fsp3) is 0.125. The zero-order valence-corrected chi connectivity index (χ0v) is 9.25. The maximum absolute atomic E-state index is 12.6.